The monoisotopic (exact) mass is 403 g/mol. The van der Waals surface area contributed by atoms with Gasteiger partial charge in [-0.05, 0) is 40.2 Å². The number of hydrogen-bond donors (Lipinski definition) is 2. The Morgan fingerprint density at radius 1 is 1.26 bits per heavy atom. The fourth-order valence-corrected chi connectivity index (χ4v) is 2.74. The molecule has 0 radical (unpaired) electrons. The summed E-state index contributed by atoms with van der Waals surface area (Å²) in [5, 5.41) is 3.15. The van der Waals surface area contributed by atoms with E-state index in [0.717, 1.165) is 4.47 Å². The summed E-state index contributed by atoms with van der Waals surface area (Å²) in [6, 6.07) is 6.62. The standard InChI is InChI=1S/C12H8Br2ClN3O/c13-7-1-6(2-8(15)3-7)12(19)18-11-10(14)4-9(16)5-17-11/h1-5H,16H2,(H,17,18,19). The molecule has 2 aromatic rings. The number of rotatable bonds is 2. The second-order valence-corrected chi connectivity index (χ2v) is 5.92. The smallest absolute Gasteiger partial charge is 0.256 e. The Morgan fingerprint density at radius 2 is 2.00 bits per heavy atom. The predicted molar refractivity (Wildman–Crippen MR) is 83.5 cm³/mol. The molecule has 0 atom stereocenters. The van der Waals surface area contributed by atoms with Gasteiger partial charge in [0.05, 0.1) is 16.4 Å². The van der Waals surface area contributed by atoms with Crippen molar-refractivity contribution in [3.63, 3.8) is 0 Å². The first-order valence-electron chi connectivity index (χ1n) is 5.14. The number of nitrogens with one attached hydrogen (secondary N) is 1. The van der Waals surface area contributed by atoms with Crippen molar-refractivity contribution in [3.8, 4) is 0 Å². The van der Waals surface area contributed by atoms with Crippen molar-refractivity contribution in [1.29, 1.82) is 0 Å². The zero-order valence-electron chi connectivity index (χ0n) is 9.45. The SMILES string of the molecule is Nc1cnc(NC(=O)c2cc(Cl)cc(Br)c2)c(Br)c1. The van der Waals surface area contributed by atoms with Crippen LogP contribution in [0.25, 0.3) is 0 Å². The number of benzene rings is 1. The van der Waals surface area contributed by atoms with Crippen molar-refractivity contribution in [2.45, 2.75) is 0 Å². The third-order valence-corrected chi connectivity index (χ3v) is 3.50. The molecule has 0 saturated heterocycles. The molecule has 0 spiro atoms. The van der Waals surface area contributed by atoms with Crippen LogP contribution >= 0.6 is 43.5 Å². The summed E-state index contributed by atoms with van der Waals surface area (Å²) in [5.41, 5.74) is 6.53. The van der Waals surface area contributed by atoms with E-state index in [9.17, 15) is 4.79 Å². The van der Waals surface area contributed by atoms with Gasteiger partial charge in [0.25, 0.3) is 5.91 Å². The molecule has 0 aliphatic heterocycles. The minimum absolute atomic E-state index is 0.304. The van der Waals surface area contributed by atoms with Crippen molar-refractivity contribution in [3.05, 3.63) is 50.0 Å². The highest BCUT2D eigenvalue weighted by atomic mass is 79.9. The number of carbonyl (C=O) groups excluding carboxylic acids is 1. The van der Waals surface area contributed by atoms with Gasteiger partial charge >= 0.3 is 0 Å². The molecular weight excluding hydrogens is 397 g/mol. The van der Waals surface area contributed by atoms with Gasteiger partial charge in [-0.1, -0.05) is 27.5 Å². The molecule has 7 heteroatoms. The molecule has 0 fully saturated rings. The van der Waals surface area contributed by atoms with Crippen LogP contribution in [0.1, 0.15) is 10.4 Å². The fourth-order valence-electron chi connectivity index (χ4n) is 1.41. The number of nitrogens with two attached hydrogens (primary N) is 1. The van der Waals surface area contributed by atoms with E-state index in [0.29, 0.717) is 26.6 Å². The molecule has 1 aromatic heterocycles. The minimum Gasteiger partial charge on any atom is -0.397 e. The van der Waals surface area contributed by atoms with Crippen LogP contribution in [0.15, 0.2) is 39.4 Å². The van der Waals surface area contributed by atoms with E-state index in [1.54, 1.807) is 24.3 Å². The summed E-state index contributed by atoms with van der Waals surface area (Å²) in [6.07, 6.45) is 1.47. The molecule has 2 rings (SSSR count). The van der Waals surface area contributed by atoms with E-state index >= 15 is 0 Å². The molecule has 1 heterocycles. The van der Waals surface area contributed by atoms with Gasteiger partial charge in [0.1, 0.15) is 5.82 Å². The van der Waals surface area contributed by atoms with Crippen LogP contribution in [-0.4, -0.2) is 10.9 Å². The Bertz CT molecular complexity index is 629. The Labute approximate surface area is 131 Å². The van der Waals surface area contributed by atoms with Crippen molar-refractivity contribution in [2.24, 2.45) is 0 Å². The van der Waals surface area contributed by atoms with Crippen LogP contribution in [0.2, 0.25) is 5.02 Å². The molecule has 1 aromatic carbocycles. The van der Waals surface area contributed by atoms with Crippen molar-refractivity contribution >= 4 is 60.9 Å². The average Bonchev–Trinajstić information content (AvgIpc) is 2.31. The lowest BCUT2D eigenvalue weighted by Gasteiger charge is -2.07. The van der Waals surface area contributed by atoms with Crippen LogP contribution < -0.4 is 11.1 Å². The molecule has 0 bridgehead atoms. The molecular formula is C12H8Br2ClN3O. The van der Waals surface area contributed by atoms with Crippen molar-refractivity contribution in [1.82, 2.24) is 4.98 Å². The second-order valence-electron chi connectivity index (χ2n) is 3.71. The number of carbonyl (C=O) groups is 1. The molecule has 1 amide bonds. The van der Waals surface area contributed by atoms with Gasteiger partial charge in [-0.2, -0.15) is 0 Å². The largest absolute Gasteiger partial charge is 0.397 e. The number of halogens is 3. The summed E-state index contributed by atoms with van der Waals surface area (Å²) in [4.78, 5) is 16.1. The van der Waals surface area contributed by atoms with Crippen LogP contribution in [0.3, 0.4) is 0 Å². The Kier molecular flexibility index (Phi) is 4.44. The maximum absolute atomic E-state index is 12.1. The van der Waals surface area contributed by atoms with Gasteiger partial charge in [-0.3, -0.25) is 4.79 Å². The first kappa shape index (κ1) is 14.3. The predicted octanol–water partition coefficient (Wildman–Crippen LogP) is 4.09. The van der Waals surface area contributed by atoms with Gasteiger partial charge in [-0.25, -0.2) is 4.98 Å². The highest BCUT2D eigenvalue weighted by molar-refractivity contribution is 9.10. The summed E-state index contributed by atoms with van der Waals surface area (Å²) in [7, 11) is 0. The topological polar surface area (TPSA) is 68.0 Å². The number of hydrogen-bond acceptors (Lipinski definition) is 3. The highest BCUT2D eigenvalue weighted by Gasteiger charge is 2.11. The fraction of sp³-hybridized carbons (Fsp3) is 0. The van der Waals surface area contributed by atoms with E-state index in [1.807, 2.05) is 0 Å². The van der Waals surface area contributed by atoms with Crippen molar-refractivity contribution < 1.29 is 4.79 Å². The van der Waals surface area contributed by atoms with Crippen LogP contribution in [-0.2, 0) is 0 Å². The summed E-state index contributed by atoms with van der Waals surface area (Å²) in [6.45, 7) is 0. The van der Waals surface area contributed by atoms with Crippen LogP contribution in [0.5, 0.6) is 0 Å². The number of nitrogen functional groups attached to an aromatic ring is 1. The number of anilines is 2. The Morgan fingerprint density at radius 3 is 2.63 bits per heavy atom. The first-order chi connectivity index (χ1) is 8.95. The van der Waals surface area contributed by atoms with E-state index in [1.165, 1.54) is 6.20 Å². The lowest BCUT2D eigenvalue weighted by atomic mass is 10.2. The number of amides is 1. The number of pyridine rings is 1. The van der Waals surface area contributed by atoms with Gasteiger partial charge in [0, 0.05) is 15.1 Å². The zero-order chi connectivity index (χ0) is 14.0. The lowest BCUT2D eigenvalue weighted by Crippen LogP contribution is -2.13. The maximum atomic E-state index is 12.1. The van der Waals surface area contributed by atoms with Gasteiger partial charge in [0.15, 0.2) is 0 Å². The number of aromatic nitrogens is 1. The summed E-state index contributed by atoms with van der Waals surface area (Å²) < 4.78 is 1.34. The molecule has 0 aliphatic carbocycles. The number of nitrogens with zero attached hydrogens (tertiary/aromatic N) is 1. The second kappa shape index (κ2) is 5.90. The molecule has 0 aliphatic rings. The summed E-state index contributed by atoms with van der Waals surface area (Å²) in [5.74, 6) is 0.0940. The van der Waals surface area contributed by atoms with Gasteiger partial charge in [-0.15, -0.1) is 0 Å². The Hall–Kier alpha value is -1.11. The molecule has 0 unspecified atom stereocenters. The molecule has 98 valence electrons. The van der Waals surface area contributed by atoms with Crippen molar-refractivity contribution in [2.75, 3.05) is 11.1 Å². The normalized spacial score (nSPS) is 10.3. The quantitative estimate of drug-likeness (QED) is 0.791. The molecule has 0 saturated carbocycles. The maximum Gasteiger partial charge on any atom is 0.256 e. The Balaban J connectivity index is 2.25. The molecule has 3 N–H and O–H groups in total. The van der Waals surface area contributed by atoms with E-state index in [4.69, 9.17) is 17.3 Å². The zero-order valence-corrected chi connectivity index (χ0v) is 13.4. The first-order valence-corrected chi connectivity index (χ1v) is 7.10. The van der Waals surface area contributed by atoms with Gasteiger partial charge < -0.3 is 11.1 Å². The van der Waals surface area contributed by atoms with E-state index in [-0.39, 0.29) is 5.91 Å². The summed E-state index contributed by atoms with van der Waals surface area (Å²) >= 11 is 12.5. The van der Waals surface area contributed by atoms with Crippen LogP contribution in [0, 0.1) is 0 Å². The third kappa shape index (κ3) is 3.68. The molecule has 19 heavy (non-hydrogen) atoms. The minimum atomic E-state index is -0.304. The average molecular weight is 405 g/mol. The van der Waals surface area contributed by atoms with Gasteiger partial charge in [0.2, 0.25) is 0 Å². The highest BCUT2D eigenvalue weighted by Crippen LogP contribution is 2.24. The molecule has 4 nitrogen and oxygen atoms in total. The van der Waals surface area contributed by atoms with E-state index < -0.39 is 0 Å². The third-order valence-electron chi connectivity index (χ3n) is 2.22. The lowest BCUT2D eigenvalue weighted by molar-refractivity contribution is 0.102. The van der Waals surface area contributed by atoms with E-state index in [2.05, 4.69) is 42.2 Å². The van der Waals surface area contributed by atoms with Crippen LogP contribution in [0.4, 0.5) is 11.5 Å².